The second-order valence-corrected chi connectivity index (χ2v) is 3.72. The Bertz CT molecular complexity index is 565. The van der Waals surface area contributed by atoms with E-state index < -0.39 is 18.7 Å². The van der Waals surface area contributed by atoms with Gasteiger partial charge in [-0.05, 0) is 18.2 Å². The summed E-state index contributed by atoms with van der Waals surface area (Å²) in [5.41, 5.74) is 0.311. The number of halogens is 3. The fourth-order valence-electron chi connectivity index (χ4n) is 1.30. The molecule has 0 aliphatic carbocycles. The van der Waals surface area contributed by atoms with Gasteiger partial charge >= 0.3 is 6.18 Å². The maximum Gasteiger partial charge on any atom is 0.422 e. The summed E-state index contributed by atoms with van der Waals surface area (Å²) in [5.74, 6) is -0.554. The van der Waals surface area contributed by atoms with E-state index >= 15 is 0 Å². The van der Waals surface area contributed by atoms with E-state index in [0.29, 0.717) is 5.69 Å². The monoisotopic (exact) mass is 286 g/mol. The normalized spacial score (nSPS) is 11.2. The molecule has 0 aliphatic rings. The molecule has 0 saturated heterocycles. The van der Waals surface area contributed by atoms with Crippen LogP contribution in [0, 0.1) is 0 Å². The largest absolute Gasteiger partial charge is 0.468 e. The van der Waals surface area contributed by atoms with E-state index in [1.807, 2.05) is 0 Å². The summed E-state index contributed by atoms with van der Waals surface area (Å²) in [4.78, 5) is 15.3. The second-order valence-electron chi connectivity index (χ2n) is 3.72. The van der Waals surface area contributed by atoms with Gasteiger partial charge in [0.05, 0.1) is 18.1 Å². The molecule has 0 spiro atoms. The smallest absolute Gasteiger partial charge is 0.422 e. The van der Waals surface area contributed by atoms with Crippen molar-refractivity contribution in [1.82, 2.24) is 4.98 Å². The first-order chi connectivity index (χ1) is 9.44. The molecule has 0 atom stereocenters. The van der Waals surface area contributed by atoms with E-state index in [1.165, 1.54) is 30.7 Å². The van der Waals surface area contributed by atoms with Gasteiger partial charge in [0.1, 0.15) is 0 Å². The molecule has 8 heteroatoms. The van der Waals surface area contributed by atoms with Crippen LogP contribution < -0.4 is 10.1 Å². The number of ether oxygens (including phenoxy) is 1. The van der Waals surface area contributed by atoms with Gasteiger partial charge in [0.15, 0.2) is 12.4 Å². The van der Waals surface area contributed by atoms with Gasteiger partial charge in [0.2, 0.25) is 5.88 Å². The molecule has 5 nitrogen and oxygen atoms in total. The average molecular weight is 286 g/mol. The third-order valence-corrected chi connectivity index (χ3v) is 2.12. The highest BCUT2D eigenvalue weighted by molar-refractivity contribution is 6.02. The van der Waals surface area contributed by atoms with Crippen LogP contribution >= 0.6 is 0 Å². The number of carbonyl (C=O) groups excluding carboxylic acids is 1. The number of amides is 1. The minimum absolute atomic E-state index is 0.113. The number of alkyl halides is 3. The van der Waals surface area contributed by atoms with Crippen LogP contribution in [0.25, 0.3) is 0 Å². The summed E-state index contributed by atoms with van der Waals surface area (Å²) in [5, 5.41) is 2.47. The highest BCUT2D eigenvalue weighted by Gasteiger charge is 2.28. The Morgan fingerprint density at radius 1 is 1.35 bits per heavy atom. The number of nitrogens with one attached hydrogen (secondary N) is 1. The fourth-order valence-corrected chi connectivity index (χ4v) is 1.30. The molecular formula is C12H9F3N2O3. The topological polar surface area (TPSA) is 64.4 Å². The van der Waals surface area contributed by atoms with E-state index in [4.69, 9.17) is 4.42 Å². The molecule has 20 heavy (non-hydrogen) atoms. The van der Waals surface area contributed by atoms with E-state index in [2.05, 4.69) is 15.0 Å². The van der Waals surface area contributed by atoms with Crippen LogP contribution in [-0.2, 0) is 0 Å². The number of carbonyl (C=O) groups is 1. The Labute approximate surface area is 111 Å². The first-order valence-corrected chi connectivity index (χ1v) is 5.44. The van der Waals surface area contributed by atoms with E-state index in [9.17, 15) is 18.0 Å². The lowest BCUT2D eigenvalue weighted by Gasteiger charge is -2.08. The minimum atomic E-state index is -4.42. The van der Waals surface area contributed by atoms with Crippen LogP contribution in [0.5, 0.6) is 5.88 Å². The lowest BCUT2D eigenvalue weighted by Crippen LogP contribution is -2.19. The van der Waals surface area contributed by atoms with Crippen molar-refractivity contribution in [2.24, 2.45) is 0 Å². The molecule has 2 rings (SSSR count). The summed E-state index contributed by atoms with van der Waals surface area (Å²) < 4.78 is 45.1. The van der Waals surface area contributed by atoms with Crippen molar-refractivity contribution in [2.75, 3.05) is 11.9 Å². The Morgan fingerprint density at radius 2 is 2.15 bits per heavy atom. The van der Waals surface area contributed by atoms with Crippen molar-refractivity contribution in [2.45, 2.75) is 6.18 Å². The molecule has 2 heterocycles. The van der Waals surface area contributed by atoms with E-state index in [-0.39, 0.29) is 11.6 Å². The minimum Gasteiger partial charge on any atom is -0.468 e. The highest BCUT2D eigenvalue weighted by Crippen LogP contribution is 2.18. The molecular weight excluding hydrogens is 277 g/mol. The van der Waals surface area contributed by atoms with Crippen molar-refractivity contribution in [3.05, 3.63) is 42.5 Å². The Morgan fingerprint density at radius 3 is 2.70 bits per heavy atom. The summed E-state index contributed by atoms with van der Waals surface area (Å²) in [6, 6.07) is 5.63. The van der Waals surface area contributed by atoms with Gasteiger partial charge in [-0.1, -0.05) is 0 Å². The molecule has 0 radical (unpaired) electrons. The number of anilines is 1. The lowest BCUT2D eigenvalue weighted by molar-refractivity contribution is -0.154. The maximum absolute atomic E-state index is 11.9. The van der Waals surface area contributed by atoms with Gasteiger partial charge < -0.3 is 14.5 Å². The SMILES string of the molecule is O=C(Nc1ccc(OCC(F)(F)F)nc1)c1ccco1. The number of furan rings is 1. The highest BCUT2D eigenvalue weighted by atomic mass is 19.4. The van der Waals surface area contributed by atoms with Crippen LogP contribution in [0.2, 0.25) is 0 Å². The van der Waals surface area contributed by atoms with Gasteiger partial charge in [-0.3, -0.25) is 4.79 Å². The zero-order valence-corrected chi connectivity index (χ0v) is 9.98. The molecule has 1 N–H and O–H groups in total. The van der Waals surface area contributed by atoms with Crippen molar-refractivity contribution >= 4 is 11.6 Å². The molecule has 0 aliphatic heterocycles. The van der Waals surface area contributed by atoms with Crippen LogP contribution in [0.15, 0.2) is 41.1 Å². The number of rotatable bonds is 4. The van der Waals surface area contributed by atoms with Crippen LogP contribution in [-0.4, -0.2) is 23.7 Å². The standard InChI is InChI=1S/C12H9F3N2O3/c13-12(14,15)7-20-10-4-3-8(6-16-10)17-11(18)9-2-1-5-19-9/h1-6H,7H2,(H,17,18). The molecule has 0 bridgehead atoms. The predicted molar refractivity (Wildman–Crippen MR) is 62.4 cm³/mol. The molecule has 2 aromatic rings. The van der Waals surface area contributed by atoms with Crippen LogP contribution in [0.1, 0.15) is 10.6 Å². The van der Waals surface area contributed by atoms with Gasteiger partial charge in [-0.25, -0.2) is 4.98 Å². The maximum atomic E-state index is 11.9. The summed E-state index contributed by atoms with van der Waals surface area (Å²) in [7, 11) is 0. The third kappa shape index (κ3) is 4.01. The van der Waals surface area contributed by atoms with Gasteiger partial charge in [-0.2, -0.15) is 13.2 Å². The van der Waals surface area contributed by atoms with Gasteiger partial charge in [-0.15, -0.1) is 0 Å². The van der Waals surface area contributed by atoms with Crippen LogP contribution in [0.3, 0.4) is 0 Å². The Balaban J connectivity index is 1.93. The molecule has 0 fully saturated rings. The van der Waals surface area contributed by atoms with Crippen molar-refractivity contribution in [1.29, 1.82) is 0 Å². The van der Waals surface area contributed by atoms with Crippen molar-refractivity contribution in [3.63, 3.8) is 0 Å². The van der Waals surface area contributed by atoms with Crippen LogP contribution in [0.4, 0.5) is 18.9 Å². The first-order valence-electron chi connectivity index (χ1n) is 5.44. The number of hydrogen-bond acceptors (Lipinski definition) is 4. The Kier molecular flexibility index (Phi) is 3.92. The van der Waals surface area contributed by atoms with Gasteiger partial charge in [0.25, 0.3) is 5.91 Å². The summed E-state index contributed by atoms with van der Waals surface area (Å²) >= 11 is 0. The first kappa shape index (κ1) is 13.9. The molecule has 0 saturated carbocycles. The van der Waals surface area contributed by atoms with E-state index in [1.54, 1.807) is 6.07 Å². The van der Waals surface area contributed by atoms with Gasteiger partial charge in [0, 0.05) is 6.07 Å². The molecule has 2 aromatic heterocycles. The Hall–Kier alpha value is -2.51. The zero-order chi connectivity index (χ0) is 14.6. The summed E-state index contributed by atoms with van der Waals surface area (Å²) in [6.07, 6.45) is -1.89. The van der Waals surface area contributed by atoms with Crippen molar-refractivity contribution < 1.29 is 27.1 Å². The zero-order valence-electron chi connectivity index (χ0n) is 9.98. The lowest BCUT2D eigenvalue weighted by atomic mass is 10.3. The fraction of sp³-hybridized carbons (Fsp3) is 0.167. The number of hydrogen-bond donors (Lipinski definition) is 1. The van der Waals surface area contributed by atoms with Crippen molar-refractivity contribution in [3.8, 4) is 5.88 Å². The second kappa shape index (κ2) is 5.64. The van der Waals surface area contributed by atoms with E-state index in [0.717, 1.165) is 0 Å². The molecule has 0 unspecified atom stereocenters. The summed E-state index contributed by atoms with van der Waals surface area (Å²) in [6.45, 7) is -1.42. The quantitative estimate of drug-likeness (QED) is 0.938. The molecule has 1 amide bonds. The average Bonchev–Trinajstić information content (AvgIpc) is 2.91. The molecule has 106 valence electrons. The third-order valence-electron chi connectivity index (χ3n) is 2.12. The number of aromatic nitrogens is 1. The number of pyridine rings is 1. The predicted octanol–water partition coefficient (Wildman–Crippen LogP) is 2.87. The molecule has 0 aromatic carbocycles. The number of nitrogens with zero attached hydrogens (tertiary/aromatic N) is 1.